The number of aromatic nitrogens is 2. The lowest BCUT2D eigenvalue weighted by molar-refractivity contribution is -0.255. The smallest absolute Gasteiger partial charge is 0.275 e. The van der Waals surface area contributed by atoms with Crippen LogP contribution in [-0.4, -0.2) is 28.8 Å². The lowest BCUT2D eigenvalue weighted by Crippen LogP contribution is -2.36. The van der Waals surface area contributed by atoms with Crippen molar-refractivity contribution in [1.82, 2.24) is 15.1 Å². The molecule has 0 atom stereocenters. The predicted molar refractivity (Wildman–Crippen MR) is 95.2 cm³/mol. The number of aromatic carboxylic acids is 1. The Morgan fingerprint density at radius 3 is 2.41 bits per heavy atom. The molecule has 3 aromatic rings. The second-order valence-electron chi connectivity index (χ2n) is 5.77. The van der Waals surface area contributed by atoms with Gasteiger partial charge in [0.1, 0.15) is 18.0 Å². The fraction of sp³-hybridized carbons (Fsp3) is 0.158. The molecule has 0 radical (unpaired) electrons. The molecule has 0 saturated carbocycles. The second-order valence-corrected chi connectivity index (χ2v) is 5.77. The zero-order valence-corrected chi connectivity index (χ0v) is 14.5. The van der Waals surface area contributed by atoms with Gasteiger partial charge in [0.25, 0.3) is 5.56 Å². The number of hydrogen-bond acceptors (Lipinski definition) is 6. The first-order chi connectivity index (χ1) is 13.0. The van der Waals surface area contributed by atoms with Gasteiger partial charge in [0.15, 0.2) is 0 Å². The van der Waals surface area contributed by atoms with Gasteiger partial charge in [-0.05, 0) is 23.8 Å². The molecule has 8 nitrogen and oxygen atoms in total. The van der Waals surface area contributed by atoms with Crippen LogP contribution in [0.25, 0.3) is 10.8 Å². The highest BCUT2D eigenvalue weighted by molar-refractivity contribution is 6.00. The van der Waals surface area contributed by atoms with Gasteiger partial charge in [-0.2, -0.15) is 5.10 Å². The molecule has 1 amide bonds. The molecule has 0 bridgehead atoms. The van der Waals surface area contributed by atoms with Gasteiger partial charge in [0.2, 0.25) is 5.91 Å². The van der Waals surface area contributed by atoms with E-state index in [1.807, 2.05) is 0 Å². The summed E-state index contributed by atoms with van der Waals surface area (Å²) in [6.07, 6.45) is 0. The average molecular weight is 366 g/mol. The first kappa shape index (κ1) is 18.1. The molecule has 0 saturated heterocycles. The zero-order valence-electron chi connectivity index (χ0n) is 14.5. The molecule has 8 heteroatoms. The number of carbonyl (C=O) groups excluding carboxylic acids is 2. The van der Waals surface area contributed by atoms with Crippen LogP contribution < -0.4 is 20.7 Å². The van der Waals surface area contributed by atoms with E-state index in [9.17, 15) is 19.5 Å². The number of carboxylic acid groups (broad SMARTS) is 1. The largest absolute Gasteiger partial charge is 0.543 e. The molecule has 138 valence electrons. The maximum atomic E-state index is 12.5. The topological polar surface area (TPSA) is 113 Å². The van der Waals surface area contributed by atoms with E-state index in [-0.39, 0.29) is 23.0 Å². The van der Waals surface area contributed by atoms with E-state index in [2.05, 4.69) is 10.4 Å². The molecule has 0 aliphatic rings. The van der Waals surface area contributed by atoms with Crippen LogP contribution >= 0.6 is 0 Å². The van der Waals surface area contributed by atoms with Crippen molar-refractivity contribution in [1.29, 1.82) is 0 Å². The number of carboxylic acids is 1. The molecule has 1 heterocycles. The number of fused-ring (bicyclic) bond motifs is 1. The first-order valence-corrected chi connectivity index (χ1v) is 8.10. The standard InChI is InChI=1S/C19H17N3O5/c1-27-13-8-6-12(7-9-13)10-20-16(23)11-22-18(24)15-5-3-2-4-14(15)17(21-22)19(25)26/h2-9H,10-11H2,1H3,(H,20,23)(H,25,26)/p-1. The zero-order chi connectivity index (χ0) is 19.4. The van der Waals surface area contributed by atoms with Crippen molar-refractivity contribution < 1.29 is 19.4 Å². The van der Waals surface area contributed by atoms with Crippen molar-refractivity contribution in [3.8, 4) is 5.75 Å². The molecule has 0 aliphatic carbocycles. The number of amides is 1. The third-order valence-electron chi connectivity index (χ3n) is 4.00. The molecule has 1 N–H and O–H groups in total. The van der Waals surface area contributed by atoms with Crippen LogP contribution in [0.3, 0.4) is 0 Å². The van der Waals surface area contributed by atoms with Crippen molar-refractivity contribution in [2.24, 2.45) is 0 Å². The summed E-state index contributed by atoms with van der Waals surface area (Å²) in [6, 6.07) is 13.3. The fourth-order valence-corrected chi connectivity index (χ4v) is 2.63. The highest BCUT2D eigenvalue weighted by atomic mass is 16.5. The Morgan fingerprint density at radius 1 is 1.11 bits per heavy atom. The number of carbonyl (C=O) groups is 2. The summed E-state index contributed by atoms with van der Waals surface area (Å²) < 4.78 is 5.90. The number of benzene rings is 2. The van der Waals surface area contributed by atoms with Crippen molar-refractivity contribution in [3.63, 3.8) is 0 Å². The Kier molecular flexibility index (Phi) is 5.16. The molecular weight excluding hydrogens is 350 g/mol. The molecule has 3 rings (SSSR count). The summed E-state index contributed by atoms with van der Waals surface area (Å²) in [5.74, 6) is -1.29. The van der Waals surface area contributed by atoms with Crippen molar-refractivity contribution >= 4 is 22.6 Å². The summed E-state index contributed by atoms with van der Waals surface area (Å²) in [7, 11) is 1.56. The number of nitrogens with one attached hydrogen (secondary N) is 1. The number of nitrogens with zero attached hydrogens (tertiary/aromatic N) is 2. The lowest BCUT2D eigenvalue weighted by atomic mass is 10.1. The summed E-state index contributed by atoms with van der Waals surface area (Å²) >= 11 is 0. The Bertz CT molecular complexity index is 1060. The Hall–Kier alpha value is -3.68. The molecule has 0 spiro atoms. The van der Waals surface area contributed by atoms with Gasteiger partial charge >= 0.3 is 0 Å². The normalized spacial score (nSPS) is 10.6. The number of rotatable bonds is 6. The van der Waals surface area contributed by atoms with Crippen LogP contribution in [-0.2, 0) is 17.9 Å². The van der Waals surface area contributed by atoms with Gasteiger partial charge < -0.3 is 20.0 Å². The molecule has 0 aliphatic heterocycles. The van der Waals surface area contributed by atoms with E-state index in [1.54, 1.807) is 43.5 Å². The fourth-order valence-electron chi connectivity index (χ4n) is 2.63. The molecule has 1 aromatic heterocycles. The molecular formula is C19H16N3O5-. The van der Waals surface area contributed by atoms with Gasteiger partial charge in [-0.3, -0.25) is 9.59 Å². The molecule has 0 fully saturated rings. The summed E-state index contributed by atoms with van der Waals surface area (Å²) in [6.45, 7) is -0.154. The summed E-state index contributed by atoms with van der Waals surface area (Å²) in [5.41, 5.74) is -0.0817. The minimum atomic E-state index is -1.52. The molecule has 27 heavy (non-hydrogen) atoms. The van der Waals surface area contributed by atoms with Crippen LogP contribution in [0, 0.1) is 0 Å². The highest BCUT2D eigenvalue weighted by Gasteiger charge is 2.13. The maximum absolute atomic E-state index is 12.5. The summed E-state index contributed by atoms with van der Waals surface area (Å²) in [4.78, 5) is 36.0. The highest BCUT2D eigenvalue weighted by Crippen LogP contribution is 2.13. The number of ether oxygens (including phenoxy) is 1. The van der Waals surface area contributed by atoms with E-state index in [1.165, 1.54) is 12.1 Å². The third kappa shape index (κ3) is 3.95. The van der Waals surface area contributed by atoms with E-state index in [4.69, 9.17) is 4.74 Å². The van der Waals surface area contributed by atoms with Gasteiger partial charge in [0, 0.05) is 11.9 Å². The Balaban J connectivity index is 1.79. The number of methoxy groups -OCH3 is 1. The van der Waals surface area contributed by atoms with Crippen molar-refractivity contribution in [2.75, 3.05) is 7.11 Å². The third-order valence-corrected chi connectivity index (χ3v) is 4.00. The molecule has 0 unspecified atom stereocenters. The van der Waals surface area contributed by atoms with Crippen LogP contribution in [0.4, 0.5) is 0 Å². The van der Waals surface area contributed by atoms with E-state index < -0.39 is 24.0 Å². The van der Waals surface area contributed by atoms with Gasteiger partial charge in [-0.25, -0.2) is 4.68 Å². The lowest BCUT2D eigenvalue weighted by Gasteiger charge is -2.12. The van der Waals surface area contributed by atoms with Crippen molar-refractivity contribution in [2.45, 2.75) is 13.1 Å². The second kappa shape index (κ2) is 7.69. The Labute approximate surface area is 154 Å². The Morgan fingerprint density at radius 2 is 1.78 bits per heavy atom. The molecule has 2 aromatic carbocycles. The van der Waals surface area contributed by atoms with Crippen LogP contribution in [0.15, 0.2) is 53.3 Å². The van der Waals surface area contributed by atoms with E-state index in [0.29, 0.717) is 5.75 Å². The number of hydrogen-bond donors (Lipinski definition) is 1. The van der Waals surface area contributed by atoms with E-state index >= 15 is 0 Å². The minimum absolute atomic E-state index is 0.162. The summed E-state index contributed by atoms with van der Waals surface area (Å²) in [5, 5.41) is 18.1. The van der Waals surface area contributed by atoms with Crippen molar-refractivity contribution in [3.05, 3.63) is 70.1 Å². The van der Waals surface area contributed by atoms with E-state index in [0.717, 1.165) is 10.2 Å². The minimum Gasteiger partial charge on any atom is -0.543 e. The van der Waals surface area contributed by atoms with Gasteiger partial charge in [-0.15, -0.1) is 0 Å². The first-order valence-electron chi connectivity index (χ1n) is 8.10. The van der Waals surface area contributed by atoms with Crippen LogP contribution in [0.2, 0.25) is 0 Å². The van der Waals surface area contributed by atoms with Gasteiger partial charge in [-0.1, -0.05) is 30.3 Å². The van der Waals surface area contributed by atoms with Gasteiger partial charge in [0.05, 0.1) is 18.5 Å². The predicted octanol–water partition coefficient (Wildman–Crippen LogP) is 0.0850. The SMILES string of the molecule is COc1ccc(CNC(=O)Cn2nc(C(=O)[O-])c3ccccc3c2=O)cc1. The average Bonchev–Trinajstić information content (AvgIpc) is 2.68. The quantitative estimate of drug-likeness (QED) is 0.661. The van der Waals surface area contributed by atoms with Crippen LogP contribution in [0.5, 0.6) is 5.75 Å². The monoisotopic (exact) mass is 366 g/mol. The maximum Gasteiger partial charge on any atom is 0.275 e. The van der Waals surface area contributed by atoms with Crippen LogP contribution in [0.1, 0.15) is 16.1 Å².